The number of hydrogen-bond acceptors (Lipinski definition) is 2. The van der Waals surface area contributed by atoms with Gasteiger partial charge in [-0.05, 0) is 101 Å². The fourth-order valence-corrected chi connectivity index (χ4v) is 11.0. The van der Waals surface area contributed by atoms with Crippen molar-refractivity contribution < 1.29 is 0 Å². The molecule has 0 bridgehead atoms. The summed E-state index contributed by atoms with van der Waals surface area (Å²) in [4.78, 5) is 2.45. The maximum atomic E-state index is 2.45. The highest BCUT2D eigenvalue weighted by Gasteiger charge is 2.22. The van der Waals surface area contributed by atoms with Gasteiger partial charge in [0.15, 0.2) is 0 Å². The number of fused-ring (bicyclic) bond motifs is 11. The summed E-state index contributed by atoms with van der Waals surface area (Å²) in [5, 5.41) is 10.1. The zero-order valence-electron chi connectivity index (χ0n) is 33.6. The molecule has 0 amide bonds. The number of nitrogens with zero attached hydrogens (tertiary/aromatic N) is 3. The number of para-hydroxylation sites is 3. The molecule has 3 aromatic heterocycles. The highest BCUT2D eigenvalue weighted by Crippen LogP contribution is 2.46. The molecule has 4 heteroatoms. The van der Waals surface area contributed by atoms with Crippen molar-refractivity contribution in [2.45, 2.75) is 0 Å². The Bertz CT molecular complexity index is 3850. The fourth-order valence-electron chi connectivity index (χ4n) is 9.93. The first-order chi connectivity index (χ1) is 30.8. The van der Waals surface area contributed by atoms with Crippen LogP contribution in [-0.4, -0.2) is 9.13 Å². The van der Waals surface area contributed by atoms with Crippen LogP contribution in [0.5, 0.6) is 0 Å². The van der Waals surface area contributed by atoms with E-state index >= 15 is 0 Å². The van der Waals surface area contributed by atoms with Crippen molar-refractivity contribution in [2.24, 2.45) is 0 Å². The van der Waals surface area contributed by atoms with Crippen LogP contribution in [0, 0.1) is 0 Å². The molecule has 62 heavy (non-hydrogen) atoms. The minimum atomic E-state index is 1.10. The number of anilines is 3. The lowest BCUT2D eigenvalue weighted by Crippen LogP contribution is -2.10. The van der Waals surface area contributed by atoms with Gasteiger partial charge in [0, 0.05) is 69.9 Å². The zero-order chi connectivity index (χ0) is 40.7. The largest absolute Gasteiger partial charge is 0.310 e. The summed E-state index contributed by atoms with van der Waals surface area (Å²) in [6, 6.07) is 82.2. The van der Waals surface area contributed by atoms with Crippen LogP contribution in [0.15, 0.2) is 224 Å². The molecular formula is C58H37N3S. The monoisotopic (exact) mass is 807 g/mol. The van der Waals surface area contributed by atoms with Gasteiger partial charge in [0.2, 0.25) is 0 Å². The van der Waals surface area contributed by atoms with Gasteiger partial charge in [-0.1, -0.05) is 140 Å². The SMILES string of the molecule is c1ccc(-n2c3ccccc3c3c(N(c4ccc(-c5ccc(-n6c7ccccc7c7ccc8ccccc8c76)cc5)cc4)c4ccc5sc6ccccc6c5c4)cccc32)cc1. The molecule has 0 radical (unpaired) electrons. The van der Waals surface area contributed by atoms with Gasteiger partial charge in [0.1, 0.15) is 0 Å². The lowest BCUT2D eigenvalue weighted by atomic mass is 10.0. The van der Waals surface area contributed by atoms with E-state index in [0.29, 0.717) is 0 Å². The van der Waals surface area contributed by atoms with Crippen molar-refractivity contribution in [1.82, 2.24) is 9.13 Å². The van der Waals surface area contributed by atoms with Crippen LogP contribution in [0.25, 0.3) is 97.1 Å². The maximum absolute atomic E-state index is 2.45. The van der Waals surface area contributed by atoms with Crippen LogP contribution in [0.4, 0.5) is 17.1 Å². The van der Waals surface area contributed by atoms with Crippen molar-refractivity contribution in [2.75, 3.05) is 4.90 Å². The summed E-state index contributed by atoms with van der Waals surface area (Å²) < 4.78 is 7.43. The molecule has 0 spiro atoms. The van der Waals surface area contributed by atoms with E-state index in [1.54, 1.807) is 0 Å². The maximum Gasteiger partial charge on any atom is 0.0619 e. The molecule has 0 fully saturated rings. The van der Waals surface area contributed by atoms with Crippen molar-refractivity contribution in [1.29, 1.82) is 0 Å². The number of hydrogen-bond donors (Lipinski definition) is 0. The Morgan fingerprint density at radius 2 is 0.935 bits per heavy atom. The Morgan fingerprint density at radius 1 is 0.339 bits per heavy atom. The quantitative estimate of drug-likeness (QED) is 0.163. The predicted octanol–water partition coefficient (Wildman–Crippen LogP) is 16.5. The number of thiophene rings is 1. The second kappa shape index (κ2) is 13.8. The Hall–Kier alpha value is -7.92. The highest BCUT2D eigenvalue weighted by molar-refractivity contribution is 7.25. The van der Waals surface area contributed by atoms with Crippen molar-refractivity contribution >= 4 is 103 Å². The van der Waals surface area contributed by atoms with E-state index in [4.69, 9.17) is 0 Å². The molecule has 0 saturated heterocycles. The summed E-state index contributed by atoms with van der Waals surface area (Å²) in [6.45, 7) is 0. The molecule has 10 aromatic carbocycles. The van der Waals surface area contributed by atoms with E-state index in [2.05, 4.69) is 238 Å². The molecule has 0 aliphatic rings. The molecule has 0 aliphatic carbocycles. The summed E-state index contributed by atoms with van der Waals surface area (Å²) in [5.41, 5.74) is 12.8. The highest BCUT2D eigenvalue weighted by atomic mass is 32.1. The molecular weight excluding hydrogens is 771 g/mol. The topological polar surface area (TPSA) is 13.1 Å². The van der Waals surface area contributed by atoms with E-state index in [1.807, 2.05) is 11.3 Å². The van der Waals surface area contributed by atoms with Crippen molar-refractivity contribution in [3.8, 4) is 22.5 Å². The minimum absolute atomic E-state index is 1.10. The second-order valence-corrected chi connectivity index (χ2v) is 17.2. The van der Waals surface area contributed by atoms with Crippen LogP contribution in [-0.2, 0) is 0 Å². The molecule has 13 rings (SSSR count). The first kappa shape index (κ1) is 34.9. The predicted molar refractivity (Wildman–Crippen MR) is 266 cm³/mol. The summed E-state index contributed by atoms with van der Waals surface area (Å²) >= 11 is 1.86. The molecule has 3 heterocycles. The van der Waals surface area contributed by atoms with E-state index in [0.717, 1.165) is 28.4 Å². The Morgan fingerprint density at radius 3 is 1.74 bits per heavy atom. The molecule has 0 atom stereocenters. The van der Waals surface area contributed by atoms with Crippen molar-refractivity contribution in [3.63, 3.8) is 0 Å². The molecule has 0 aliphatic heterocycles. The summed E-state index contributed by atoms with van der Waals surface area (Å²) in [5.74, 6) is 0. The van der Waals surface area contributed by atoms with Gasteiger partial charge in [0.25, 0.3) is 0 Å². The summed E-state index contributed by atoms with van der Waals surface area (Å²) in [7, 11) is 0. The number of rotatable bonds is 6. The van der Waals surface area contributed by atoms with Gasteiger partial charge in [0.05, 0.1) is 27.8 Å². The Kier molecular flexibility index (Phi) is 7.78. The smallest absolute Gasteiger partial charge is 0.0619 e. The summed E-state index contributed by atoms with van der Waals surface area (Å²) in [6.07, 6.45) is 0. The molecule has 0 saturated carbocycles. The fraction of sp³-hybridized carbons (Fsp3) is 0. The molecule has 13 aromatic rings. The van der Waals surface area contributed by atoms with Crippen LogP contribution in [0.3, 0.4) is 0 Å². The van der Waals surface area contributed by atoms with E-state index in [-0.39, 0.29) is 0 Å². The van der Waals surface area contributed by atoms with Gasteiger partial charge in [-0.3, -0.25) is 0 Å². The number of benzene rings is 10. The second-order valence-electron chi connectivity index (χ2n) is 16.1. The average Bonchev–Trinajstić information content (AvgIpc) is 4.00. The Balaban J connectivity index is 0.960. The van der Waals surface area contributed by atoms with Crippen LogP contribution in [0.2, 0.25) is 0 Å². The van der Waals surface area contributed by atoms with Crippen LogP contribution < -0.4 is 4.90 Å². The van der Waals surface area contributed by atoms with Crippen LogP contribution in [0.1, 0.15) is 0 Å². The van der Waals surface area contributed by atoms with Crippen LogP contribution >= 0.6 is 11.3 Å². The molecule has 0 unspecified atom stereocenters. The zero-order valence-corrected chi connectivity index (χ0v) is 34.4. The number of aromatic nitrogens is 2. The first-order valence-corrected chi connectivity index (χ1v) is 22.0. The average molecular weight is 808 g/mol. The van der Waals surface area contributed by atoms with E-state index in [9.17, 15) is 0 Å². The standard InChI is InChI=1S/C58H37N3S/c1-2-14-41(15-3-1)60-52-21-10-7-19-49(52)57-53(22-12-23-54(57)60)59(44-34-36-56-50(37-44)47-18-8-11-24-55(47)62-56)42-30-25-38(26-31-42)39-27-32-43(33-28-39)61-51-20-9-6-17-46(51)48-35-29-40-13-4-5-16-45(40)58(48)61/h1-37H. The molecule has 290 valence electrons. The van der Waals surface area contributed by atoms with Gasteiger partial charge in [-0.25, -0.2) is 0 Å². The normalized spacial score (nSPS) is 11.9. The minimum Gasteiger partial charge on any atom is -0.310 e. The third kappa shape index (κ3) is 5.30. The van der Waals surface area contributed by atoms with E-state index in [1.165, 1.54) is 85.7 Å². The van der Waals surface area contributed by atoms with Gasteiger partial charge >= 0.3 is 0 Å². The lowest BCUT2D eigenvalue weighted by molar-refractivity contribution is 1.18. The van der Waals surface area contributed by atoms with Crippen molar-refractivity contribution in [3.05, 3.63) is 224 Å². The first-order valence-electron chi connectivity index (χ1n) is 21.2. The lowest BCUT2D eigenvalue weighted by Gasteiger charge is -2.27. The third-order valence-electron chi connectivity index (χ3n) is 12.7. The van der Waals surface area contributed by atoms with Gasteiger partial charge < -0.3 is 14.0 Å². The molecule has 3 nitrogen and oxygen atoms in total. The molecule has 0 N–H and O–H groups in total. The van der Waals surface area contributed by atoms with Gasteiger partial charge in [-0.2, -0.15) is 0 Å². The third-order valence-corrected chi connectivity index (χ3v) is 13.8. The van der Waals surface area contributed by atoms with Gasteiger partial charge in [-0.15, -0.1) is 11.3 Å². The van der Waals surface area contributed by atoms with E-state index < -0.39 is 0 Å². The Labute approximate surface area is 362 Å².